The Morgan fingerprint density at radius 3 is 2.33 bits per heavy atom. The number of nitrogens with one attached hydrogen (secondary N) is 3. The Kier molecular flexibility index (Phi) is 6.43. The number of fused-ring (bicyclic) bond motifs is 1. The van der Waals surface area contributed by atoms with E-state index in [1.54, 1.807) is 41.6 Å². The first-order valence-electron chi connectivity index (χ1n) is 12.7. The van der Waals surface area contributed by atoms with Crippen LogP contribution < -0.4 is 20.9 Å². The number of alkyl halides is 2. The summed E-state index contributed by atoms with van der Waals surface area (Å²) < 4.78 is 26.7. The van der Waals surface area contributed by atoms with Gasteiger partial charge >= 0.3 is 0 Å². The molecule has 3 N–H and O–H groups in total. The number of aromatic nitrogens is 3. The molecule has 4 heterocycles. The monoisotopic (exact) mass is 537 g/mol. The van der Waals surface area contributed by atoms with E-state index in [0.717, 1.165) is 33.7 Å². The molecule has 0 spiro atoms. The van der Waals surface area contributed by atoms with Crippen LogP contribution in [0.25, 0.3) is 10.9 Å². The Labute approximate surface area is 229 Å². The molecule has 0 saturated carbocycles. The van der Waals surface area contributed by atoms with Crippen molar-refractivity contribution < 1.29 is 13.6 Å². The lowest BCUT2D eigenvalue weighted by Gasteiger charge is -2.40. The van der Waals surface area contributed by atoms with Crippen LogP contribution in [0.4, 0.5) is 43.0 Å². The van der Waals surface area contributed by atoms with Crippen LogP contribution in [0.2, 0.25) is 0 Å². The van der Waals surface area contributed by atoms with Crippen LogP contribution in [0, 0.1) is 6.92 Å². The third kappa shape index (κ3) is 5.51. The first kappa shape index (κ1) is 25.2. The summed E-state index contributed by atoms with van der Waals surface area (Å²) in [4.78, 5) is 27.4. The van der Waals surface area contributed by atoms with Crippen molar-refractivity contribution >= 4 is 51.1 Å². The number of anilines is 6. The van der Waals surface area contributed by atoms with Gasteiger partial charge in [-0.1, -0.05) is 0 Å². The maximum atomic E-state index is 13.4. The van der Waals surface area contributed by atoms with Crippen molar-refractivity contribution in [1.29, 1.82) is 0 Å². The van der Waals surface area contributed by atoms with Crippen LogP contribution >= 0.6 is 0 Å². The lowest BCUT2D eigenvalue weighted by atomic mass is 10.1. The summed E-state index contributed by atoms with van der Waals surface area (Å²) in [6.07, 6.45) is 4.91. The summed E-state index contributed by atoms with van der Waals surface area (Å²) in [6, 6.07) is 21.9. The highest BCUT2D eigenvalue weighted by Gasteiger charge is 2.43. The van der Waals surface area contributed by atoms with Crippen LogP contribution in [0.1, 0.15) is 16.1 Å². The van der Waals surface area contributed by atoms with Crippen LogP contribution in [-0.4, -0.2) is 39.9 Å². The number of aryl methyl sites for hydroxylation is 1. The number of hydrogen-bond acceptors (Lipinski definition) is 7. The molecular weight excluding hydrogens is 512 g/mol. The zero-order valence-corrected chi connectivity index (χ0v) is 21.5. The fraction of sp³-hybridized carbons (Fsp3) is 0.133. The second-order valence-electron chi connectivity index (χ2n) is 9.67. The van der Waals surface area contributed by atoms with Gasteiger partial charge in [-0.15, -0.1) is 0 Å². The minimum atomic E-state index is -2.65. The molecule has 3 aromatic heterocycles. The molecule has 0 aliphatic carbocycles. The van der Waals surface area contributed by atoms with Gasteiger partial charge in [-0.3, -0.25) is 14.8 Å². The number of halogens is 2. The van der Waals surface area contributed by atoms with Gasteiger partial charge in [0, 0.05) is 52.4 Å². The van der Waals surface area contributed by atoms with Crippen LogP contribution in [-0.2, 0) is 0 Å². The molecule has 0 atom stereocenters. The normalized spacial score (nSPS) is 13.9. The molecule has 6 rings (SSSR count). The average Bonchev–Trinajstić information content (AvgIpc) is 2.93. The van der Waals surface area contributed by atoms with Gasteiger partial charge in [-0.05, 0) is 79.7 Å². The van der Waals surface area contributed by atoms with Crippen LogP contribution in [0.15, 0.2) is 91.4 Å². The molecule has 1 amide bonds. The molecule has 2 aromatic carbocycles. The third-order valence-corrected chi connectivity index (χ3v) is 6.55. The number of carbonyl (C=O) groups excluding carboxylic acids is 1. The number of nitrogens with zero attached hydrogens (tertiary/aromatic N) is 4. The van der Waals surface area contributed by atoms with Gasteiger partial charge in [0.1, 0.15) is 5.82 Å². The lowest BCUT2D eigenvalue weighted by molar-refractivity contribution is -0.0262. The number of pyridine rings is 3. The van der Waals surface area contributed by atoms with Crippen molar-refractivity contribution in [2.45, 2.75) is 12.8 Å². The summed E-state index contributed by atoms with van der Waals surface area (Å²) >= 11 is 0. The molecule has 1 fully saturated rings. The van der Waals surface area contributed by atoms with Gasteiger partial charge in [-0.25, -0.2) is 13.8 Å². The number of carbonyl (C=O) groups is 1. The van der Waals surface area contributed by atoms with E-state index in [9.17, 15) is 13.6 Å². The zero-order chi connectivity index (χ0) is 27.7. The van der Waals surface area contributed by atoms with E-state index in [-0.39, 0.29) is 19.0 Å². The second-order valence-corrected chi connectivity index (χ2v) is 9.67. The standard InChI is InChI=1S/C30H25F2N7O/c1-19-14-23(10-12-33-19)36-21-3-5-22(6-4-21)37-29(40)20-2-9-28(35-16-20)38-27-11-13-34-26-8-7-24(15-25(26)27)39-17-30(31,32)18-39/h2-16H,17-18H2,1H3,(H,33,36)(H,37,40)(H,34,35,38). The predicted octanol–water partition coefficient (Wildman–Crippen LogP) is 6.53. The first-order valence-corrected chi connectivity index (χ1v) is 12.7. The van der Waals surface area contributed by atoms with Gasteiger partial charge in [0.2, 0.25) is 0 Å². The molecule has 0 unspecified atom stereocenters. The summed E-state index contributed by atoms with van der Waals surface area (Å²) in [7, 11) is 0. The maximum absolute atomic E-state index is 13.4. The highest BCUT2D eigenvalue weighted by Crippen LogP contribution is 2.35. The Balaban J connectivity index is 1.11. The molecule has 0 radical (unpaired) electrons. The Morgan fingerprint density at radius 1 is 0.825 bits per heavy atom. The molecule has 10 heteroatoms. The number of hydrogen-bond donors (Lipinski definition) is 3. The maximum Gasteiger partial charge on any atom is 0.282 e. The quantitative estimate of drug-likeness (QED) is 0.217. The molecule has 5 aromatic rings. The Bertz CT molecular complexity index is 1680. The minimum absolute atomic E-state index is 0.283. The van der Waals surface area contributed by atoms with Crippen LogP contribution in [0.3, 0.4) is 0 Å². The van der Waals surface area contributed by atoms with E-state index in [1.807, 2.05) is 55.5 Å². The van der Waals surface area contributed by atoms with E-state index in [4.69, 9.17) is 0 Å². The average molecular weight is 538 g/mol. The largest absolute Gasteiger partial charge is 0.359 e. The smallest absolute Gasteiger partial charge is 0.282 e. The Morgan fingerprint density at radius 2 is 1.60 bits per heavy atom. The summed E-state index contributed by atoms with van der Waals surface area (Å²) in [5.74, 6) is -2.40. The highest BCUT2D eigenvalue weighted by atomic mass is 19.3. The first-order chi connectivity index (χ1) is 19.3. The SMILES string of the molecule is Cc1cc(Nc2ccc(NC(=O)c3ccc(Nc4ccnc5ccc(N6CC(F)(F)C6)cc45)nc3)cc2)ccn1. The summed E-state index contributed by atoms with van der Waals surface area (Å²) in [5, 5.41) is 10.2. The Hall–Kier alpha value is -5.12. The van der Waals surface area contributed by atoms with Gasteiger partial charge in [-0.2, -0.15) is 0 Å². The molecule has 0 bridgehead atoms. The van der Waals surface area contributed by atoms with Crippen molar-refractivity contribution in [3.05, 3.63) is 103 Å². The van der Waals surface area contributed by atoms with Gasteiger partial charge in [0.15, 0.2) is 0 Å². The van der Waals surface area contributed by atoms with E-state index >= 15 is 0 Å². The van der Waals surface area contributed by atoms with Gasteiger partial charge in [0.25, 0.3) is 11.8 Å². The van der Waals surface area contributed by atoms with Crippen molar-refractivity contribution in [2.24, 2.45) is 0 Å². The molecule has 1 saturated heterocycles. The fourth-order valence-corrected chi connectivity index (χ4v) is 4.50. The fourth-order valence-electron chi connectivity index (χ4n) is 4.50. The predicted molar refractivity (Wildman–Crippen MR) is 153 cm³/mol. The number of rotatable bonds is 7. The van der Waals surface area contributed by atoms with Gasteiger partial charge in [0.05, 0.1) is 29.9 Å². The van der Waals surface area contributed by atoms with E-state index in [2.05, 4.69) is 30.9 Å². The number of amides is 1. The summed E-state index contributed by atoms with van der Waals surface area (Å²) in [5.41, 5.74) is 5.98. The van der Waals surface area contributed by atoms with Crippen molar-refractivity contribution in [3.63, 3.8) is 0 Å². The topological polar surface area (TPSA) is 95.1 Å². The third-order valence-electron chi connectivity index (χ3n) is 6.55. The van der Waals surface area contributed by atoms with E-state index in [0.29, 0.717) is 22.8 Å². The molecule has 8 nitrogen and oxygen atoms in total. The van der Waals surface area contributed by atoms with Crippen LogP contribution in [0.5, 0.6) is 0 Å². The van der Waals surface area contributed by atoms with E-state index < -0.39 is 5.92 Å². The number of benzene rings is 2. The minimum Gasteiger partial charge on any atom is -0.359 e. The second kappa shape index (κ2) is 10.2. The van der Waals surface area contributed by atoms with Crippen molar-refractivity contribution in [1.82, 2.24) is 15.0 Å². The molecular formula is C30H25F2N7O. The van der Waals surface area contributed by atoms with E-state index in [1.165, 1.54) is 6.20 Å². The van der Waals surface area contributed by atoms with Crippen molar-refractivity contribution in [2.75, 3.05) is 33.9 Å². The molecule has 1 aliphatic rings. The lowest BCUT2D eigenvalue weighted by Crippen LogP contribution is -2.56. The highest BCUT2D eigenvalue weighted by molar-refractivity contribution is 6.04. The summed E-state index contributed by atoms with van der Waals surface area (Å²) in [6.45, 7) is 1.34. The molecule has 1 aliphatic heterocycles. The van der Waals surface area contributed by atoms with Gasteiger partial charge < -0.3 is 20.9 Å². The molecule has 40 heavy (non-hydrogen) atoms. The molecule has 200 valence electrons. The van der Waals surface area contributed by atoms with Crippen molar-refractivity contribution in [3.8, 4) is 0 Å². The zero-order valence-electron chi connectivity index (χ0n) is 21.5.